The Morgan fingerprint density at radius 3 is 3.08 bits per heavy atom. The van der Waals surface area contributed by atoms with Gasteiger partial charge in [0, 0.05) is 10.8 Å². The van der Waals surface area contributed by atoms with Crippen molar-refractivity contribution in [3.63, 3.8) is 0 Å². The summed E-state index contributed by atoms with van der Waals surface area (Å²) in [5.41, 5.74) is 0.751. The minimum atomic E-state index is -0.176. The molecule has 1 unspecified atom stereocenters. The van der Waals surface area contributed by atoms with E-state index in [2.05, 4.69) is 10.1 Å². The van der Waals surface area contributed by atoms with Gasteiger partial charge >= 0.3 is 5.97 Å². The third kappa shape index (κ3) is 4.22. The lowest BCUT2D eigenvalue weighted by atomic mass is 10.2. The Labute approximate surface area is 165 Å². The first kappa shape index (κ1) is 19.2. The average Bonchev–Trinajstić information content (AvgIpc) is 3.01. The van der Waals surface area contributed by atoms with Gasteiger partial charge in [0.25, 0.3) is 0 Å². The third-order valence-electron chi connectivity index (χ3n) is 4.19. The van der Waals surface area contributed by atoms with Crippen LogP contribution in [0.3, 0.4) is 0 Å². The molecule has 140 valence electrons. The quantitative estimate of drug-likeness (QED) is 0.568. The highest BCUT2D eigenvalue weighted by Crippen LogP contribution is 2.30. The number of ether oxygens (including phenoxy) is 2. The maximum atomic E-state index is 11.8. The first-order chi connectivity index (χ1) is 12.5. The Balaban J connectivity index is 1.80. The van der Waals surface area contributed by atoms with Crippen LogP contribution < -0.4 is 9.64 Å². The van der Waals surface area contributed by atoms with Gasteiger partial charge in [-0.1, -0.05) is 11.6 Å². The summed E-state index contributed by atoms with van der Waals surface area (Å²) < 4.78 is 12.5. The number of hydrogen-bond acceptors (Lipinski definition) is 6. The molecule has 0 spiro atoms. The summed E-state index contributed by atoms with van der Waals surface area (Å²) in [6.45, 7) is 2.23. The molecule has 1 saturated heterocycles. The molecule has 1 aromatic heterocycles. The maximum absolute atomic E-state index is 11.8. The second kappa shape index (κ2) is 8.43. The van der Waals surface area contributed by atoms with E-state index in [1.54, 1.807) is 37.1 Å². The molecule has 0 radical (unpaired) electrons. The average molecular weight is 416 g/mol. The molecule has 0 saturated carbocycles. The van der Waals surface area contributed by atoms with Gasteiger partial charge in [-0.15, -0.1) is 11.8 Å². The number of halogens is 1. The van der Waals surface area contributed by atoms with Crippen LogP contribution in [0.25, 0.3) is 11.4 Å². The number of carbonyl (C=O) groups is 1. The van der Waals surface area contributed by atoms with E-state index in [0.717, 1.165) is 17.9 Å². The molecule has 0 bridgehead atoms. The normalized spacial score (nSPS) is 20.0. The molecule has 1 aliphatic rings. The molecule has 10 heteroatoms. The minimum absolute atomic E-state index is 0.145. The van der Waals surface area contributed by atoms with Crippen LogP contribution >= 0.6 is 35.6 Å². The molecule has 0 amide bonds. The van der Waals surface area contributed by atoms with Crippen molar-refractivity contribution < 1.29 is 19.2 Å². The monoisotopic (exact) mass is 415 g/mol. The van der Waals surface area contributed by atoms with Gasteiger partial charge in [0.1, 0.15) is 12.3 Å². The van der Waals surface area contributed by atoms with Gasteiger partial charge in [0.05, 0.1) is 26.3 Å². The highest BCUT2D eigenvalue weighted by molar-refractivity contribution is 8.00. The van der Waals surface area contributed by atoms with Crippen LogP contribution in [0.15, 0.2) is 18.2 Å². The SMILES string of the molecule is COC(=O)[C@@H]1C[NH+](Cn2[nH]c(-c3cc(Cl)ccc3OC)nc2=S)CCS1. The topological polar surface area (TPSA) is 73.6 Å². The lowest BCUT2D eigenvalue weighted by molar-refractivity contribution is -0.921. The number of hydrogen-bond donors (Lipinski definition) is 2. The lowest BCUT2D eigenvalue weighted by Crippen LogP contribution is -3.14. The van der Waals surface area contributed by atoms with Crippen LogP contribution in [0.5, 0.6) is 5.75 Å². The van der Waals surface area contributed by atoms with E-state index in [0.29, 0.717) is 34.6 Å². The zero-order valence-electron chi connectivity index (χ0n) is 14.5. The number of aromatic amines is 1. The number of aromatic nitrogens is 3. The van der Waals surface area contributed by atoms with Crippen LogP contribution in [0.1, 0.15) is 0 Å². The molecular formula is C16H20ClN4O3S2+. The summed E-state index contributed by atoms with van der Waals surface area (Å²) in [6, 6.07) is 5.34. The highest BCUT2D eigenvalue weighted by atomic mass is 35.5. The van der Waals surface area contributed by atoms with Gasteiger partial charge < -0.3 is 14.4 Å². The van der Waals surface area contributed by atoms with Gasteiger partial charge in [-0.2, -0.15) is 4.98 Å². The van der Waals surface area contributed by atoms with Crippen molar-refractivity contribution in [2.24, 2.45) is 0 Å². The summed E-state index contributed by atoms with van der Waals surface area (Å²) in [5.74, 6) is 1.98. The second-order valence-electron chi connectivity index (χ2n) is 5.87. The largest absolute Gasteiger partial charge is 0.496 e. The summed E-state index contributed by atoms with van der Waals surface area (Å²) in [6.07, 6.45) is 0. The standard InChI is InChI=1S/C16H19ClN4O3S2/c1-23-12-4-3-10(17)7-11(12)14-18-16(25)21(19-14)9-20-5-6-26-13(8-20)15(22)24-2/h3-4,7,13H,5-6,8-9H2,1-2H3,(H,18,19,25)/p+1/t13-/m0/s1. The number of H-pyrrole nitrogens is 1. The van der Waals surface area contributed by atoms with E-state index < -0.39 is 0 Å². The Kier molecular flexibility index (Phi) is 6.23. The number of nitrogens with one attached hydrogen (secondary N) is 2. The molecule has 26 heavy (non-hydrogen) atoms. The van der Waals surface area contributed by atoms with Crippen LogP contribution in [-0.2, 0) is 16.2 Å². The second-order valence-corrected chi connectivity index (χ2v) is 7.98. The molecule has 7 nitrogen and oxygen atoms in total. The molecule has 1 aliphatic heterocycles. The van der Waals surface area contributed by atoms with Crippen LogP contribution in [-0.4, -0.2) is 59.0 Å². The van der Waals surface area contributed by atoms with Crippen molar-refractivity contribution >= 4 is 41.6 Å². The molecule has 0 aliphatic carbocycles. The molecule has 1 fully saturated rings. The molecule has 2 heterocycles. The van der Waals surface area contributed by atoms with E-state index in [-0.39, 0.29) is 11.2 Å². The summed E-state index contributed by atoms with van der Waals surface area (Å²) in [5, 5.41) is 3.67. The maximum Gasteiger partial charge on any atom is 0.324 e. The number of rotatable bonds is 5. The van der Waals surface area contributed by atoms with Crippen molar-refractivity contribution in [1.29, 1.82) is 0 Å². The van der Waals surface area contributed by atoms with E-state index in [9.17, 15) is 4.79 Å². The van der Waals surface area contributed by atoms with Gasteiger partial charge in [0.2, 0.25) is 4.77 Å². The predicted octanol–water partition coefficient (Wildman–Crippen LogP) is 1.40. The minimum Gasteiger partial charge on any atom is -0.496 e. The van der Waals surface area contributed by atoms with Gasteiger partial charge in [-0.25, -0.2) is 4.68 Å². The first-order valence-electron chi connectivity index (χ1n) is 8.05. The van der Waals surface area contributed by atoms with Gasteiger partial charge in [-0.3, -0.25) is 9.89 Å². The lowest BCUT2D eigenvalue weighted by Gasteiger charge is -2.27. The summed E-state index contributed by atoms with van der Waals surface area (Å²) in [4.78, 5) is 17.5. The first-order valence-corrected chi connectivity index (χ1v) is 9.89. The predicted molar refractivity (Wildman–Crippen MR) is 103 cm³/mol. The molecular weight excluding hydrogens is 396 g/mol. The van der Waals surface area contributed by atoms with Gasteiger partial charge in [-0.05, 0) is 30.4 Å². The zero-order chi connectivity index (χ0) is 18.7. The highest BCUT2D eigenvalue weighted by Gasteiger charge is 2.30. The third-order valence-corrected chi connectivity index (χ3v) is 5.94. The van der Waals surface area contributed by atoms with Crippen molar-refractivity contribution in [2.75, 3.05) is 33.1 Å². The smallest absolute Gasteiger partial charge is 0.324 e. The number of thioether (sulfide) groups is 1. The Bertz CT molecular complexity index is 854. The van der Waals surface area contributed by atoms with Crippen molar-refractivity contribution in [3.05, 3.63) is 28.0 Å². The number of nitrogens with zero attached hydrogens (tertiary/aromatic N) is 2. The van der Waals surface area contributed by atoms with Crippen LogP contribution in [0.2, 0.25) is 5.02 Å². The molecule has 2 atom stereocenters. The zero-order valence-corrected chi connectivity index (χ0v) is 16.8. The van der Waals surface area contributed by atoms with E-state index in [1.165, 1.54) is 12.0 Å². The van der Waals surface area contributed by atoms with E-state index >= 15 is 0 Å². The van der Waals surface area contributed by atoms with Crippen molar-refractivity contribution in [3.8, 4) is 17.1 Å². The number of esters is 1. The molecule has 2 aromatic rings. The Morgan fingerprint density at radius 2 is 2.35 bits per heavy atom. The summed E-state index contributed by atoms with van der Waals surface area (Å²) in [7, 11) is 3.02. The molecule has 3 rings (SSSR count). The van der Waals surface area contributed by atoms with Crippen molar-refractivity contribution in [2.45, 2.75) is 11.9 Å². The number of quaternary nitrogens is 1. The van der Waals surface area contributed by atoms with Crippen LogP contribution in [0, 0.1) is 4.77 Å². The van der Waals surface area contributed by atoms with Crippen LogP contribution in [0.4, 0.5) is 0 Å². The Hall–Kier alpha value is -1.55. The van der Waals surface area contributed by atoms with Gasteiger partial charge in [0.15, 0.2) is 17.7 Å². The van der Waals surface area contributed by atoms with E-state index in [4.69, 9.17) is 33.3 Å². The molecule has 1 aromatic carbocycles. The molecule has 2 N–H and O–H groups in total. The number of methoxy groups -OCH3 is 2. The fraction of sp³-hybridized carbons (Fsp3) is 0.438. The van der Waals surface area contributed by atoms with Crippen molar-refractivity contribution in [1.82, 2.24) is 14.8 Å². The number of carbonyl (C=O) groups excluding carboxylic acids is 1. The Morgan fingerprint density at radius 1 is 1.54 bits per heavy atom. The van der Waals surface area contributed by atoms with E-state index in [1.807, 2.05) is 4.68 Å². The summed E-state index contributed by atoms with van der Waals surface area (Å²) >= 11 is 13.1. The fourth-order valence-corrected chi connectivity index (χ4v) is 4.52. The number of benzene rings is 1. The fourth-order valence-electron chi connectivity index (χ4n) is 2.87.